The van der Waals surface area contributed by atoms with E-state index in [1.807, 2.05) is 6.92 Å². The van der Waals surface area contributed by atoms with E-state index >= 15 is 0 Å². The highest BCUT2D eigenvalue weighted by molar-refractivity contribution is 7.86. The van der Waals surface area contributed by atoms with Gasteiger partial charge in [-0.1, -0.05) is 13.3 Å². The summed E-state index contributed by atoms with van der Waals surface area (Å²) in [6.07, 6.45) is 4.98. The Morgan fingerprint density at radius 1 is 1.26 bits per heavy atom. The van der Waals surface area contributed by atoms with Gasteiger partial charge in [-0.05, 0) is 32.2 Å². The summed E-state index contributed by atoms with van der Waals surface area (Å²) in [5.74, 6) is 0. The van der Waals surface area contributed by atoms with Gasteiger partial charge in [0.15, 0.2) is 0 Å². The highest BCUT2D eigenvalue weighted by Crippen LogP contribution is 2.21. The Morgan fingerprint density at radius 2 is 1.95 bits per heavy atom. The van der Waals surface area contributed by atoms with Gasteiger partial charge in [-0.3, -0.25) is 0 Å². The molecule has 0 spiro atoms. The number of hydrogen-bond donors (Lipinski definition) is 1. The van der Waals surface area contributed by atoms with Gasteiger partial charge >= 0.3 is 0 Å². The summed E-state index contributed by atoms with van der Waals surface area (Å²) in [5, 5.41) is 3.26. The van der Waals surface area contributed by atoms with E-state index in [1.54, 1.807) is 8.61 Å². The van der Waals surface area contributed by atoms with Crippen molar-refractivity contribution in [2.45, 2.75) is 45.1 Å². The second-order valence-corrected chi connectivity index (χ2v) is 7.11. The van der Waals surface area contributed by atoms with E-state index in [9.17, 15) is 8.42 Å². The van der Waals surface area contributed by atoms with Crippen LogP contribution in [0.25, 0.3) is 0 Å². The van der Waals surface area contributed by atoms with Gasteiger partial charge in [-0.25, -0.2) is 0 Å². The lowest BCUT2D eigenvalue weighted by Gasteiger charge is -2.34. The number of halogens is 1. The van der Waals surface area contributed by atoms with Crippen molar-refractivity contribution in [2.24, 2.45) is 0 Å². The molecule has 2 rings (SSSR count). The van der Waals surface area contributed by atoms with Crippen LogP contribution in [0.1, 0.15) is 39.0 Å². The Labute approximate surface area is 123 Å². The summed E-state index contributed by atoms with van der Waals surface area (Å²) in [5.41, 5.74) is 0. The van der Waals surface area contributed by atoms with Gasteiger partial charge in [0.2, 0.25) is 0 Å². The SMILES string of the molecule is CCCN(C1CCNC1)S(=O)(=O)N1CCCCC1.Cl. The summed E-state index contributed by atoms with van der Waals surface area (Å²) in [6.45, 7) is 5.81. The predicted octanol–water partition coefficient (Wildman–Crippen LogP) is 1.21. The molecular formula is C12H26ClN3O2S. The maximum Gasteiger partial charge on any atom is 0.282 e. The van der Waals surface area contributed by atoms with Gasteiger partial charge in [0.05, 0.1) is 0 Å². The highest BCUT2D eigenvalue weighted by atomic mass is 35.5. The zero-order valence-electron chi connectivity index (χ0n) is 11.7. The van der Waals surface area contributed by atoms with Crippen LogP contribution < -0.4 is 5.32 Å². The van der Waals surface area contributed by atoms with Gasteiger partial charge in [0, 0.05) is 32.2 Å². The Balaban J connectivity index is 0.00000180. The molecule has 0 aromatic rings. The smallest absolute Gasteiger partial charge is 0.282 e. The first kappa shape index (κ1) is 17.2. The van der Waals surface area contributed by atoms with Gasteiger partial charge in [-0.2, -0.15) is 17.0 Å². The first-order chi connectivity index (χ1) is 8.66. The number of hydrogen-bond acceptors (Lipinski definition) is 3. The lowest BCUT2D eigenvalue weighted by atomic mass is 10.2. The van der Waals surface area contributed by atoms with Crippen molar-refractivity contribution in [1.82, 2.24) is 13.9 Å². The summed E-state index contributed by atoms with van der Waals surface area (Å²) >= 11 is 0. The molecule has 0 bridgehead atoms. The van der Waals surface area contributed by atoms with Crippen LogP contribution >= 0.6 is 12.4 Å². The highest BCUT2D eigenvalue weighted by Gasteiger charge is 2.35. The van der Waals surface area contributed by atoms with Crippen molar-refractivity contribution < 1.29 is 8.42 Å². The third kappa shape index (κ3) is 4.04. The normalized spacial score (nSPS) is 25.5. The summed E-state index contributed by atoms with van der Waals surface area (Å²) in [4.78, 5) is 0. The molecule has 2 heterocycles. The number of rotatable bonds is 5. The fourth-order valence-corrected chi connectivity index (χ4v) is 4.82. The van der Waals surface area contributed by atoms with Gasteiger partial charge in [0.25, 0.3) is 10.2 Å². The van der Waals surface area contributed by atoms with Crippen LogP contribution in [0.3, 0.4) is 0 Å². The van der Waals surface area contributed by atoms with Crippen molar-refractivity contribution in [3.63, 3.8) is 0 Å². The minimum Gasteiger partial charge on any atom is -0.315 e. The molecule has 1 atom stereocenters. The van der Waals surface area contributed by atoms with E-state index in [1.165, 1.54) is 0 Å². The maximum absolute atomic E-state index is 12.7. The zero-order valence-corrected chi connectivity index (χ0v) is 13.3. The molecule has 0 aromatic carbocycles. The average Bonchev–Trinajstić information content (AvgIpc) is 2.90. The molecule has 1 N–H and O–H groups in total. The molecular weight excluding hydrogens is 286 g/mol. The van der Waals surface area contributed by atoms with Crippen molar-refractivity contribution >= 4 is 22.6 Å². The summed E-state index contributed by atoms with van der Waals surface area (Å²) in [7, 11) is -3.24. The fourth-order valence-electron chi connectivity index (χ4n) is 2.84. The second-order valence-electron chi connectivity index (χ2n) is 5.22. The quantitative estimate of drug-likeness (QED) is 0.830. The molecule has 1 unspecified atom stereocenters. The molecule has 7 heteroatoms. The van der Waals surface area contributed by atoms with E-state index in [4.69, 9.17) is 0 Å². The number of piperidine rings is 1. The molecule has 0 saturated carbocycles. The second kappa shape index (κ2) is 7.78. The Morgan fingerprint density at radius 3 is 2.47 bits per heavy atom. The van der Waals surface area contributed by atoms with Gasteiger partial charge in [0.1, 0.15) is 0 Å². The molecule has 5 nitrogen and oxygen atoms in total. The molecule has 19 heavy (non-hydrogen) atoms. The van der Waals surface area contributed by atoms with Gasteiger partial charge < -0.3 is 5.32 Å². The first-order valence-corrected chi connectivity index (χ1v) is 8.53. The first-order valence-electron chi connectivity index (χ1n) is 7.14. The minimum absolute atomic E-state index is 0. The Bertz CT molecular complexity index is 352. The van der Waals surface area contributed by atoms with E-state index in [0.29, 0.717) is 19.6 Å². The molecule has 2 aliphatic rings. The average molecular weight is 312 g/mol. The Kier molecular flexibility index (Phi) is 7.04. The molecule has 0 aliphatic carbocycles. The predicted molar refractivity (Wildman–Crippen MR) is 79.9 cm³/mol. The van der Waals surface area contributed by atoms with Crippen molar-refractivity contribution in [2.75, 3.05) is 32.7 Å². The third-order valence-corrected chi connectivity index (χ3v) is 5.91. The summed E-state index contributed by atoms with van der Waals surface area (Å²) in [6, 6.07) is 0.150. The molecule has 2 saturated heterocycles. The maximum atomic E-state index is 12.7. The largest absolute Gasteiger partial charge is 0.315 e. The summed E-state index contributed by atoms with van der Waals surface area (Å²) < 4.78 is 28.8. The zero-order chi connectivity index (χ0) is 13.0. The number of nitrogens with zero attached hydrogens (tertiary/aromatic N) is 2. The van der Waals surface area contributed by atoms with Crippen molar-refractivity contribution in [3.05, 3.63) is 0 Å². The van der Waals surface area contributed by atoms with Crippen LogP contribution in [0, 0.1) is 0 Å². The van der Waals surface area contributed by atoms with Crippen LogP contribution in [0.15, 0.2) is 0 Å². The standard InChI is InChI=1S/C12H25N3O2S.ClH/c1-2-8-15(12-6-7-13-11-12)18(16,17)14-9-4-3-5-10-14;/h12-13H,2-11H2,1H3;1H. The van der Waals surface area contributed by atoms with Crippen LogP contribution in [0.4, 0.5) is 0 Å². The molecule has 2 fully saturated rings. The topological polar surface area (TPSA) is 52.7 Å². The van der Waals surface area contributed by atoms with Crippen LogP contribution in [-0.4, -0.2) is 55.8 Å². The molecule has 0 aromatic heterocycles. The molecule has 2 aliphatic heterocycles. The van der Waals surface area contributed by atoms with E-state index in [0.717, 1.165) is 45.2 Å². The minimum atomic E-state index is -3.24. The van der Waals surface area contributed by atoms with Gasteiger partial charge in [-0.15, -0.1) is 12.4 Å². The lowest BCUT2D eigenvalue weighted by molar-refractivity contribution is 0.273. The van der Waals surface area contributed by atoms with E-state index in [2.05, 4.69) is 5.32 Å². The van der Waals surface area contributed by atoms with Crippen LogP contribution in [0.5, 0.6) is 0 Å². The fraction of sp³-hybridized carbons (Fsp3) is 1.00. The number of nitrogens with one attached hydrogen (secondary N) is 1. The van der Waals surface area contributed by atoms with Crippen molar-refractivity contribution in [3.8, 4) is 0 Å². The van der Waals surface area contributed by atoms with E-state index < -0.39 is 10.2 Å². The van der Waals surface area contributed by atoms with E-state index in [-0.39, 0.29) is 18.4 Å². The van der Waals surface area contributed by atoms with Crippen LogP contribution in [-0.2, 0) is 10.2 Å². The third-order valence-electron chi connectivity index (χ3n) is 3.82. The Hall–Kier alpha value is 0.120. The van der Waals surface area contributed by atoms with Crippen molar-refractivity contribution in [1.29, 1.82) is 0 Å². The monoisotopic (exact) mass is 311 g/mol. The van der Waals surface area contributed by atoms with Crippen LogP contribution in [0.2, 0.25) is 0 Å². The lowest BCUT2D eigenvalue weighted by Crippen LogP contribution is -2.50. The molecule has 0 radical (unpaired) electrons. The molecule has 0 amide bonds. The molecule has 114 valence electrons.